The van der Waals surface area contributed by atoms with Gasteiger partial charge in [0.25, 0.3) is 0 Å². The second-order valence-corrected chi connectivity index (χ2v) is 22.5. The summed E-state index contributed by atoms with van der Waals surface area (Å²) >= 11 is 0. The molecule has 0 aliphatic carbocycles. The van der Waals surface area contributed by atoms with Gasteiger partial charge in [-0.25, -0.2) is 0 Å². The molecule has 19 heteroatoms. The zero-order chi connectivity index (χ0) is 58.3. The number of nitrogens with one attached hydrogen (secondary N) is 1. The van der Waals surface area contributed by atoms with Crippen molar-refractivity contribution in [3.63, 3.8) is 0 Å². The van der Waals surface area contributed by atoms with E-state index in [1.807, 2.05) is 6.08 Å². The van der Waals surface area contributed by atoms with E-state index in [9.17, 15) is 61.0 Å². The van der Waals surface area contributed by atoms with Gasteiger partial charge in [0.2, 0.25) is 5.91 Å². The summed E-state index contributed by atoms with van der Waals surface area (Å²) in [4.78, 5) is 13.3. The summed E-state index contributed by atoms with van der Waals surface area (Å²) in [7, 11) is 0. The third-order valence-corrected chi connectivity index (χ3v) is 15.7. The number of unbranched alkanes of at least 4 members (excludes halogenated alkanes) is 26. The summed E-state index contributed by atoms with van der Waals surface area (Å²) in [6.07, 6.45) is 21.3. The number of hydrogen-bond acceptors (Lipinski definition) is 18. The van der Waals surface area contributed by atoms with Gasteiger partial charge < -0.3 is 89.9 Å². The molecule has 0 spiro atoms. The van der Waals surface area contributed by atoms with E-state index in [0.29, 0.717) is 12.8 Å². The lowest BCUT2D eigenvalue weighted by Gasteiger charge is -2.48. The Morgan fingerprint density at radius 3 is 1.25 bits per heavy atom. The molecule has 0 bridgehead atoms. The van der Waals surface area contributed by atoms with E-state index in [1.54, 1.807) is 6.08 Å². The molecule has 12 N–H and O–H groups in total. The molecule has 80 heavy (non-hydrogen) atoms. The molecule has 0 aromatic rings. The summed E-state index contributed by atoms with van der Waals surface area (Å²) in [6, 6.07) is -0.992. The van der Waals surface area contributed by atoms with Gasteiger partial charge in [-0.05, 0) is 57.8 Å². The zero-order valence-electron chi connectivity index (χ0n) is 48.8. The van der Waals surface area contributed by atoms with Crippen LogP contribution in [0.25, 0.3) is 0 Å². The van der Waals surface area contributed by atoms with Crippen LogP contribution >= 0.6 is 0 Å². The number of aliphatic hydroxyl groups excluding tert-OH is 11. The lowest BCUT2D eigenvalue weighted by atomic mass is 9.96. The SMILES string of the molecule is CCCCCCC/C=C\CCCCCCCC(=O)NC(COC1OC(CO)C(OC2OC(CO)C(OC3OC(CO)C(O)C(O)C3O)C(O)C2O)C(O)C1O)C(O)/C=C/CC/C=C/CCCCCCCCCCCCCCCCC. The average Bonchev–Trinajstić information content (AvgIpc) is 3.47. The van der Waals surface area contributed by atoms with Crippen molar-refractivity contribution in [1.82, 2.24) is 5.32 Å². The molecule has 3 rings (SSSR count). The van der Waals surface area contributed by atoms with Crippen LogP contribution < -0.4 is 5.32 Å². The molecule has 3 fully saturated rings. The number of rotatable bonds is 46. The Balaban J connectivity index is 1.50. The topological polar surface area (TPSA) is 307 Å². The molecular weight excluding hydrogens is 1030 g/mol. The fraction of sp³-hybridized carbons (Fsp3) is 0.885. The van der Waals surface area contributed by atoms with Gasteiger partial charge in [0, 0.05) is 6.42 Å². The Bertz CT molecular complexity index is 1600. The summed E-state index contributed by atoms with van der Waals surface area (Å²) in [5, 5.41) is 120. The highest BCUT2D eigenvalue weighted by Crippen LogP contribution is 2.33. The molecule has 3 heterocycles. The molecule has 17 unspecified atom stereocenters. The fourth-order valence-corrected chi connectivity index (χ4v) is 10.5. The Labute approximate surface area is 479 Å². The number of carbonyl (C=O) groups is 1. The minimum Gasteiger partial charge on any atom is -0.394 e. The smallest absolute Gasteiger partial charge is 0.220 e. The van der Waals surface area contributed by atoms with Gasteiger partial charge in [-0.3, -0.25) is 4.79 Å². The van der Waals surface area contributed by atoms with Gasteiger partial charge in [0.15, 0.2) is 18.9 Å². The standard InChI is InChI=1S/C61H111NO18/c1-3-5-7-9-11-13-15-17-19-20-21-22-23-24-25-26-28-30-32-34-36-38-45(66)44(62-49(67)39-37-35-33-31-29-27-18-16-14-12-10-8-6-4-2)43-75-59-55(73)52(70)57(47(41-64)77-59)80-61-56(74)53(71)58(48(42-65)78-61)79-60-54(72)51(69)50(68)46(40-63)76-60/h16,18,28,30,36,38,44-48,50-61,63-66,68-74H,3-15,17,19-27,29,31-35,37,39-43H2,1-2H3,(H,62,67)/b18-16-,30-28+,38-36+. The highest BCUT2D eigenvalue weighted by Gasteiger charge is 2.53. The number of hydrogen-bond donors (Lipinski definition) is 12. The first-order chi connectivity index (χ1) is 38.8. The zero-order valence-corrected chi connectivity index (χ0v) is 48.8. The van der Waals surface area contributed by atoms with E-state index in [0.717, 1.165) is 57.8 Å². The van der Waals surface area contributed by atoms with Crippen molar-refractivity contribution >= 4 is 5.91 Å². The second-order valence-electron chi connectivity index (χ2n) is 22.5. The van der Waals surface area contributed by atoms with Crippen LogP contribution in [0.1, 0.15) is 213 Å². The second kappa shape index (κ2) is 44.5. The number of amides is 1. The minimum absolute atomic E-state index is 0.226. The van der Waals surface area contributed by atoms with Crippen molar-refractivity contribution in [1.29, 1.82) is 0 Å². The van der Waals surface area contributed by atoms with Crippen LogP contribution in [0.3, 0.4) is 0 Å². The minimum atomic E-state index is -1.98. The molecule has 0 saturated carbocycles. The quantitative estimate of drug-likeness (QED) is 0.0242. The van der Waals surface area contributed by atoms with Gasteiger partial charge in [-0.1, -0.05) is 185 Å². The number of aliphatic hydroxyl groups is 11. The largest absolute Gasteiger partial charge is 0.394 e. The van der Waals surface area contributed by atoms with Crippen LogP contribution in [0.2, 0.25) is 0 Å². The van der Waals surface area contributed by atoms with Crippen molar-refractivity contribution in [2.45, 2.75) is 317 Å². The monoisotopic (exact) mass is 1150 g/mol. The third kappa shape index (κ3) is 27.8. The molecule has 0 aromatic carbocycles. The van der Waals surface area contributed by atoms with Gasteiger partial charge >= 0.3 is 0 Å². The van der Waals surface area contributed by atoms with Gasteiger partial charge in [-0.2, -0.15) is 0 Å². The van der Waals surface area contributed by atoms with E-state index in [4.69, 9.17) is 28.4 Å². The van der Waals surface area contributed by atoms with E-state index in [2.05, 4.69) is 43.5 Å². The molecule has 3 aliphatic heterocycles. The van der Waals surface area contributed by atoms with E-state index < -0.39 is 124 Å². The maximum Gasteiger partial charge on any atom is 0.220 e. The molecule has 3 aliphatic rings. The van der Waals surface area contributed by atoms with Crippen molar-refractivity contribution in [2.24, 2.45) is 0 Å². The lowest BCUT2D eigenvalue weighted by molar-refractivity contribution is -0.379. The molecule has 0 aromatic heterocycles. The van der Waals surface area contributed by atoms with Gasteiger partial charge in [0.05, 0.1) is 38.6 Å². The Morgan fingerprint density at radius 2 is 0.800 bits per heavy atom. The summed E-state index contributed by atoms with van der Waals surface area (Å²) in [5.74, 6) is -0.295. The predicted molar refractivity (Wildman–Crippen MR) is 305 cm³/mol. The van der Waals surface area contributed by atoms with Crippen LogP contribution in [-0.4, -0.2) is 193 Å². The number of carbonyl (C=O) groups excluding carboxylic acids is 1. The van der Waals surface area contributed by atoms with Crippen molar-refractivity contribution in [3.8, 4) is 0 Å². The molecular formula is C61H111NO18. The van der Waals surface area contributed by atoms with Crippen molar-refractivity contribution in [3.05, 3.63) is 36.5 Å². The number of ether oxygens (including phenoxy) is 6. The molecule has 19 nitrogen and oxygen atoms in total. The first-order valence-corrected chi connectivity index (χ1v) is 31.2. The fourth-order valence-electron chi connectivity index (χ4n) is 10.5. The summed E-state index contributed by atoms with van der Waals surface area (Å²) in [5.41, 5.74) is 0. The maximum absolute atomic E-state index is 13.3. The Hall–Kier alpha value is -1.99. The van der Waals surface area contributed by atoms with Crippen molar-refractivity contribution < 1.29 is 89.4 Å². The lowest BCUT2D eigenvalue weighted by Crippen LogP contribution is -2.66. The van der Waals surface area contributed by atoms with E-state index in [1.165, 1.54) is 122 Å². The van der Waals surface area contributed by atoms with Crippen LogP contribution in [0, 0.1) is 0 Å². The predicted octanol–water partition coefficient (Wildman–Crippen LogP) is 6.10. The van der Waals surface area contributed by atoms with Gasteiger partial charge in [0.1, 0.15) is 73.2 Å². The highest BCUT2D eigenvalue weighted by molar-refractivity contribution is 5.76. The van der Waals surface area contributed by atoms with Crippen LogP contribution in [0.5, 0.6) is 0 Å². The highest BCUT2D eigenvalue weighted by atomic mass is 16.8. The molecule has 17 atom stereocenters. The normalized spacial score (nSPS) is 30.2. The Morgan fingerprint density at radius 1 is 0.438 bits per heavy atom. The first kappa shape index (κ1) is 72.3. The van der Waals surface area contributed by atoms with Crippen LogP contribution in [-0.2, 0) is 33.2 Å². The maximum atomic E-state index is 13.3. The van der Waals surface area contributed by atoms with Crippen LogP contribution in [0.4, 0.5) is 0 Å². The third-order valence-electron chi connectivity index (χ3n) is 15.7. The molecule has 3 saturated heterocycles. The van der Waals surface area contributed by atoms with E-state index >= 15 is 0 Å². The summed E-state index contributed by atoms with van der Waals surface area (Å²) in [6.45, 7) is 1.69. The van der Waals surface area contributed by atoms with Crippen molar-refractivity contribution in [2.75, 3.05) is 26.4 Å². The van der Waals surface area contributed by atoms with E-state index in [-0.39, 0.29) is 18.9 Å². The average molecular weight is 1150 g/mol. The number of allylic oxidation sites excluding steroid dienone is 5. The Kier molecular flexibility index (Phi) is 40.2. The summed E-state index contributed by atoms with van der Waals surface area (Å²) < 4.78 is 34.2. The molecule has 0 radical (unpaired) electrons. The van der Waals surface area contributed by atoms with Crippen LogP contribution in [0.15, 0.2) is 36.5 Å². The molecule has 1 amide bonds. The molecule has 468 valence electrons. The van der Waals surface area contributed by atoms with Gasteiger partial charge in [-0.15, -0.1) is 0 Å². The first-order valence-electron chi connectivity index (χ1n) is 31.2.